The van der Waals surface area contributed by atoms with Crippen LogP contribution < -0.4 is 5.73 Å². The van der Waals surface area contributed by atoms with Crippen LogP contribution >= 0.6 is 34.6 Å². The molecule has 2 heterocycles. The molecule has 2 rings (SSSR count). The lowest BCUT2D eigenvalue weighted by molar-refractivity contribution is 1.01. The van der Waals surface area contributed by atoms with Crippen molar-refractivity contribution in [1.82, 2.24) is 19.8 Å². The maximum atomic E-state index is 5.43. The van der Waals surface area contributed by atoms with Gasteiger partial charge in [-0.05, 0) is 11.5 Å². The molecule has 8 heteroatoms. The van der Waals surface area contributed by atoms with Crippen molar-refractivity contribution in [2.45, 2.75) is 10.1 Å². The van der Waals surface area contributed by atoms with Gasteiger partial charge < -0.3 is 5.73 Å². The average molecular weight is 231 g/mol. The van der Waals surface area contributed by atoms with Crippen molar-refractivity contribution in [3.8, 4) is 0 Å². The Morgan fingerprint density at radius 3 is 2.92 bits per heavy atom. The van der Waals surface area contributed by atoms with E-state index in [9.17, 15) is 0 Å². The lowest BCUT2D eigenvalue weighted by Crippen LogP contribution is -1.80. The highest BCUT2D eigenvalue weighted by Crippen LogP contribution is 2.26. The van der Waals surface area contributed by atoms with E-state index in [0.29, 0.717) is 5.13 Å². The lowest BCUT2D eigenvalue weighted by atomic mass is 10.6. The minimum Gasteiger partial charge on any atom is -0.374 e. The molecule has 0 saturated heterocycles. The standard InChI is InChI=1S/C5H5N5S3/c6-4-8-9-5(13-4)11-1-3-2-12-10-7-3/h2H,1H2,(H2,6,8). The summed E-state index contributed by atoms with van der Waals surface area (Å²) in [5.41, 5.74) is 6.40. The van der Waals surface area contributed by atoms with Crippen molar-refractivity contribution in [2.24, 2.45) is 0 Å². The molecular formula is C5H5N5S3. The zero-order valence-corrected chi connectivity index (χ0v) is 8.82. The molecule has 0 aliphatic carbocycles. The first-order valence-electron chi connectivity index (χ1n) is 3.32. The number of nitrogens with zero attached hydrogens (tertiary/aromatic N) is 4. The van der Waals surface area contributed by atoms with E-state index in [4.69, 9.17) is 5.73 Å². The molecule has 0 aliphatic heterocycles. The minimum atomic E-state index is 0.499. The first-order valence-corrected chi connectivity index (χ1v) is 5.96. The highest BCUT2D eigenvalue weighted by atomic mass is 32.2. The lowest BCUT2D eigenvalue weighted by Gasteiger charge is -1.89. The molecule has 5 nitrogen and oxygen atoms in total. The second-order valence-electron chi connectivity index (χ2n) is 2.09. The van der Waals surface area contributed by atoms with Gasteiger partial charge in [-0.3, -0.25) is 0 Å². The summed E-state index contributed by atoms with van der Waals surface area (Å²) in [5.74, 6) is 0.769. The maximum Gasteiger partial charge on any atom is 0.203 e. The number of aromatic nitrogens is 4. The Morgan fingerprint density at radius 1 is 1.38 bits per heavy atom. The highest BCUT2D eigenvalue weighted by molar-refractivity contribution is 8.00. The summed E-state index contributed by atoms with van der Waals surface area (Å²) >= 11 is 4.30. The number of nitrogen functional groups attached to an aromatic ring is 1. The van der Waals surface area contributed by atoms with Crippen LogP contribution in [-0.4, -0.2) is 19.8 Å². The minimum absolute atomic E-state index is 0.499. The zero-order chi connectivity index (χ0) is 9.10. The molecule has 0 atom stereocenters. The van der Waals surface area contributed by atoms with E-state index in [2.05, 4.69) is 19.8 Å². The van der Waals surface area contributed by atoms with Crippen LogP contribution in [0.25, 0.3) is 0 Å². The van der Waals surface area contributed by atoms with Crippen molar-refractivity contribution < 1.29 is 0 Å². The van der Waals surface area contributed by atoms with Gasteiger partial charge in [-0.15, -0.1) is 15.3 Å². The summed E-state index contributed by atoms with van der Waals surface area (Å²) in [4.78, 5) is 0. The SMILES string of the molecule is Nc1nnc(SCc2csnn2)s1. The Bertz CT molecular complexity index is 369. The maximum absolute atomic E-state index is 5.43. The van der Waals surface area contributed by atoms with Crippen LogP contribution in [0.4, 0.5) is 5.13 Å². The van der Waals surface area contributed by atoms with Crippen molar-refractivity contribution in [3.63, 3.8) is 0 Å². The molecule has 0 bridgehead atoms. The first kappa shape index (κ1) is 8.85. The van der Waals surface area contributed by atoms with Crippen LogP contribution in [-0.2, 0) is 5.75 Å². The van der Waals surface area contributed by atoms with Gasteiger partial charge in [0, 0.05) is 11.1 Å². The Morgan fingerprint density at radius 2 is 2.31 bits per heavy atom. The summed E-state index contributed by atoms with van der Waals surface area (Å²) < 4.78 is 4.63. The fraction of sp³-hybridized carbons (Fsp3) is 0.200. The topological polar surface area (TPSA) is 77.6 Å². The van der Waals surface area contributed by atoms with Crippen LogP contribution in [0.3, 0.4) is 0 Å². The third-order valence-electron chi connectivity index (χ3n) is 1.17. The number of anilines is 1. The van der Waals surface area contributed by atoms with E-state index in [1.54, 1.807) is 11.8 Å². The summed E-state index contributed by atoms with van der Waals surface area (Å²) in [6.07, 6.45) is 0. The molecule has 0 fully saturated rings. The van der Waals surface area contributed by atoms with E-state index in [-0.39, 0.29) is 0 Å². The summed E-state index contributed by atoms with van der Waals surface area (Å²) in [6, 6.07) is 0. The molecule has 0 spiro atoms. The van der Waals surface area contributed by atoms with Gasteiger partial charge in [0.2, 0.25) is 5.13 Å². The van der Waals surface area contributed by atoms with Crippen LogP contribution in [0.2, 0.25) is 0 Å². The molecule has 13 heavy (non-hydrogen) atoms. The van der Waals surface area contributed by atoms with Gasteiger partial charge in [0.15, 0.2) is 4.34 Å². The van der Waals surface area contributed by atoms with E-state index < -0.39 is 0 Å². The fourth-order valence-electron chi connectivity index (χ4n) is 0.661. The Balaban J connectivity index is 1.93. The Hall–Kier alpha value is -0.730. The Kier molecular flexibility index (Phi) is 2.71. The monoisotopic (exact) mass is 231 g/mol. The fourth-order valence-corrected chi connectivity index (χ4v) is 2.74. The normalized spacial score (nSPS) is 10.5. The summed E-state index contributed by atoms with van der Waals surface area (Å²) in [5, 5.41) is 13.9. The number of hydrogen-bond acceptors (Lipinski definition) is 8. The molecule has 0 amide bonds. The van der Waals surface area contributed by atoms with Gasteiger partial charge in [-0.2, -0.15) is 0 Å². The molecular weight excluding hydrogens is 226 g/mol. The smallest absolute Gasteiger partial charge is 0.203 e. The van der Waals surface area contributed by atoms with Crippen molar-refractivity contribution >= 4 is 39.8 Å². The van der Waals surface area contributed by atoms with Crippen LogP contribution in [0.5, 0.6) is 0 Å². The number of nitrogens with two attached hydrogens (primary N) is 1. The third-order valence-corrected chi connectivity index (χ3v) is 3.64. The van der Waals surface area contributed by atoms with Gasteiger partial charge in [0.05, 0.1) is 5.69 Å². The van der Waals surface area contributed by atoms with Crippen molar-refractivity contribution in [2.75, 3.05) is 5.73 Å². The number of hydrogen-bond donors (Lipinski definition) is 1. The van der Waals surface area contributed by atoms with Crippen molar-refractivity contribution in [3.05, 3.63) is 11.1 Å². The third kappa shape index (κ3) is 2.36. The largest absolute Gasteiger partial charge is 0.374 e. The number of thioether (sulfide) groups is 1. The molecule has 0 aliphatic rings. The number of rotatable bonds is 3. The van der Waals surface area contributed by atoms with Gasteiger partial charge >= 0.3 is 0 Å². The molecule has 2 aromatic heterocycles. The molecule has 0 saturated carbocycles. The predicted octanol–water partition coefficient (Wildman–Crippen LogP) is 1.26. The molecule has 0 unspecified atom stereocenters. The van der Waals surface area contributed by atoms with E-state index >= 15 is 0 Å². The molecule has 2 N–H and O–H groups in total. The van der Waals surface area contributed by atoms with Gasteiger partial charge in [-0.1, -0.05) is 27.6 Å². The van der Waals surface area contributed by atoms with E-state index in [1.807, 2.05) is 5.38 Å². The second kappa shape index (κ2) is 3.99. The van der Waals surface area contributed by atoms with Crippen LogP contribution in [0, 0.1) is 0 Å². The quantitative estimate of drug-likeness (QED) is 0.801. The summed E-state index contributed by atoms with van der Waals surface area (Å²) in [6.45, 7) is 0. The average Bonchev–Trinajstić information content (AvgIpc) is 2.71. The van der Waals surface area contributed by atoms with Gasteiger partial charge in [0.25, 0.3) is 0 Å². The highest BCUT2D eigenvalue weighted by Gasteiger charge is 2.03. The van der Waals surface area contributed by atoms with Gasteiger partial charge in [0.1, 0.15) is 0 Å². The molecule has 68 valence electrons. The molecule has 0 radical (unpaired) electrons. The van der Waals surface area contributed by atoms with Crippen LogP contribution in [0.1, 0.15) is 5.69 Å². The van der Waals surface area contributed by atoms with E-state index in [0.717, 1.165) is 15.8 Å². The van der Waals surface area contributed by atoms with Crippen molar-refractivity contribution in [1.29, 1.82) is 0 Å². The van der Waals surface area contributed by atoms with Gasteiger partial charge in [-0.25, -0.2) is 0 Å². The van der Waals surface area contributed by atoms with E-state index in [1.165, 1.54) is 22.9 Å². The predicted molar refractivity (Wildman–Crippen MR) is 53.8 cm³/mol. The Labute approximate surface area is 86.6 Å². The second-order valence-corrected chi connectivity index (χ2v) is 4.93. The molecule has 2 aromatic rings. The van der Waals surface area contributed by atoms with Crippen LogP contribution in [0.15, 0.2) is 9.72 Å². The summed E-state index contributed by atoms with van der Waals surface area (Å²) in [7, 11) is 0. The zero-order valence-electron chi connectivity index (χ0n) is 6.38. The first-order chi connectivity index (χ1) is 6.34. The molecule has 0 aromatic carbocycles.